The molecular formula is C15H16N2O3. The number of aliphatic carboxylic acids is 1. The largest absolute Gasteiger partial charge is 0.481 e. The summed E-state index contributed by atoms with van der Waals surface area (Å²) in [6.07, 6.45) is 6.33. The average molecular weight is 272 g/mol. The van der Waals surface area contributed by atoms with Crippen LogP contribution >= 0.6 is 0 Å². The number of carbonyl (C=O) groups is 2. The third kappa shape index (κ3) is 2.09. The number of anilines is 1. The van der Waals surface area contributed by atoms with E-state index in [0.717, 1.165) is 12.0 Å². The molecular weight excluding hydrogens is 256 g/mol. The maximum Gasteiger partial charge on any atom is 0.307 e. The molecule has 0 aliphatic heterocycles. The van der Waals surface area contributed by atoms with Gasteiger partial charge in [0.05, 0.1) is 11.8 Å². The summed E-state index contributed by atoms with van der Waals surface area (Å²) >= 11 is 0. The van der Waals surface area contributed by atoms with Crippen LogP contribution in [-0.4, -0.2) is 22.0 Å². The van der Waals surface area contributed by atoms with E-state index in [4.69, 9.17) is 0 Å². The predicted molar refractivity (Wildman–Crippen MR) is 73.0 cm³/mol. The minimum atomic E-state index is -0.890. The molecule has 1 heterocycles. The Hall–Kier alpha value is -2.17. The number of aryl methyl sites for hydroxylation is 1. The van der Waals surface area contributed by atoms with Crippen molar-refractivity contribution in [3.63, 3.8) is 0 Å². The summed E-state index contributed by atoms with van der Waals surface area (Å²) < 4.78 is 0. The number of allylic oxidation sites excluding steroid dienone is 2. The van der Waals surface area contributed by atoms with Crippen LogP contribution in [-0.2, 0) is 9.59 Å². The van der Waals surface area contributed by atoms with Crippen LogP contribution in [0.2, 0.25) is 0 Å². The number of nitrogens with one attached hydrogen (secondary N) is 1. The molecule has 1 amide bonds. The second-order valence-electron chi connectivity index (χ2n) is 5.55. The number of carbonyl (C=O) groups excluding carboxylic acids is 1. The van der Waals surface area contributed by atoms with Crippen LogP contribution in [0.4, 0.5) is 5.82 Å². The Kier molecular flexibility index (Phi) is 3.04. The zero-order chi connectivity index (χ0) is 14.3. The quantitative estimate of drug-likeness (QED) is 0.823. The van der Waals surface area contributed by atoms with Crippen molar-refractivity contribution in [2.75, 3.05) is 5.32 Å². The van der Waals surface area contributed by atoms with Crippen LogP contribution < -0.4 is 5.32 Å². The Morgan fingerprint density at radius 3 is 2.55 bits per heavy atom. The predicted octanol–water partition coefficient (Wildman–Crippen LogP) is 1.85. The van der Waals surface area contributed by atoms with Crippen molar-refractivity contribution >= 4 is 17.7 Å². The van der Waals surface area contributed by atoms with Gasteiger partial charge in [-0.3, -0.25) is 9.59 Å². The number of hydrogen-bond donors (Lipinski definition) is 2. The number of hydrogen-bond acceptors (Lipinski definition) is 3. The van der Waals surface area contributed by atoms with Crippen molar-refractivity contribution in [1.29, 1.82) is 0 Å². The highest BCUT2D eigenvalue weighted by Gasteiger charge is 2.51. The topological polar surface area (TPSA) is 79.3 Å². The number of pyridine rings is 1. The van der Waals surface area contributed by atoms with E-state index in [1.165, 1.54) is 0 Å². The van der Waals surface area contributed by atoms with Crippen molar-refractivity contribution in [2.24, 2.45) is 23.7 Å². The molecule has 104 valence electrons. The van der Waals surface area contributed by atoms with E-state index < -0.39 is 17.8 Å². The van der Waals surface area contributed by atoms with E-state index >= 15 is 0 Å². The van der Waals surface area contributed by atoms with Gasteiger partial charge in [0, 0.05) is 6.20 Å². The lowest BCUT2D eigenvalue weighted by atomic mass is 9.82. The van der Waals surface area contributed by atoms with Gasteiger partial charge in [-0.2, -0.15) is 0 Å². The van der Waals surface area contributed by atoms with Gasteiger partial charge >= 0.3 is 5.97 Å². The summed E-state index contributed by atoms with van der Waals surface area (Å²) in [5, 5.41) is 12.1. The molecule has 2 N–H and O–H groups in total. The number of carboxylic acids is 1. The summed E-state index contributed by atoms with van der Waals surface area (Å²) in [6.45, 7) is 1.92. The zero-order valence-corrected chi connectivity index (χ0v) is 11.1. The fourth-order valence-electron chi connectivity index (χ4n) is 3.27. The van der Waals surface area contributed by atoms with Crippen molar-refractivity contribution in [1.82, 2.24) is 4.98 Å². The van der Waals surface area contributed by atoms with Crippen LogP contribution in [0.1, 0.15) is 12.0 Å². The molecule has 0 spiro atoms. The van der Waals surface area contributed by atoms with E-state index in [2.05, 4.69) is 10.3 Å². The summed E-state index contributed by atoms with van der Waals surface area (Å²) in [5.74, 6) is -1.76. The van der Waals surface area contributed by atoms with Gasteiger partial charge in [-0.25, -0.2) is 4.98 Å². The van der Waals surface area contributed by atoms with Gasteiger partial charge in [0.25, 0.3) is 0 Å². The smallest absolute Gasteiger partial charge is 0.307 e. The summed E-state index contributed by atoms with van der Waals surface area (Å²) in [4.78, 5) is 27.9. The van der Waals surface area contributed by atoms with Crippen molar-refractivity contribution in [3.8, 4) is 0 Å². The molecule has 5 nitrogen and oxygen atoms in total. The number of nitrogens with zero attached hydrogens (tertiary/aromatic N) is 1. The molecule has 0 unspecified atom stereocenters. The summed E-state index contributed by atoms with van der Waals surface area (Å²) in [5.41, 5.74) is 1.01. The number of fused-ring (bicyclic) bond motifs is 2. The number of amides is 1. The van der Waals surface area contributed by atoms with Crippen LogP contribution in [0.15, 0.2) is 30.5 Å². The molecule has 0 saturated heterocycles. The van der Waals surface area contributed by atoms with Gasteiger partial charge in [0.1, 0.15) is 5.82 Å². The van der Waals surface area contributed by atoms with Crippen LogP contribution in [0.5, 0.6) is 0 Å². The van der Waals surface area contributed by atoms with Crippen molar-refractivity contribution in [3.05, 3.63) is 36.0 Å². The highest BCUT2D eigenvalue weighted by Crippen LogP contribution is 2.48. The van der Waals surface area contributed by atoms with Gasteiger partial charge in [-0.05, 0) is 36.8 Å². The van der Waals surface area contributed by atoms with E-state index in [-0.39, 0.29) is 17.7 Å². The fourth-order valence-corrected chi connectivity index (χ4v) is 3.27. The van der Waals surface area contributed by atoms with Crippen LogP contribution in [0, 0.1) is 30.6 Å². The van der Waals surface area contributed by atoms with Gasteiger partial charge in [0.2, 0.25) is 5.91 Å². The van der Waals surface area contributed by atoms with E-state index in [0.29, 0.717) is 5.82 Å². The lowest BCUT2D eigenvalue weighted by molar-refractivity contribution is -0.146. The highest BCUT2D eigenvalue weighted by molar-refractivity contribution is 5.95. The number of aromatic nitrogens is 1. The molecule has 4 atom stereocenters. The maximum absolute atomic E-state index is 12.4. The Morgan fingerprint density at radius 2 is 1.95 bits per heavy atom. The summed E-state index contributed by atoms with van der Waals surface area (Å²) in [6, 6.07) is 3.59. The zero-order valence-electron chi connectivity index (χ0n) is 11.1. The number of carboxylic acid groups (broad SMARTS) is 1. The molecule has 1 aromatic rings. The molecule has 1 fully saturated rings. The molecule has 2 bridgehead atoms. The molecule has 1 aromatic heterocycles. The van der Waals surface area contributed by atoms with Crippen LogP contribution in [0.3, 0.4) is 0 Å². The first kappa shape index (κ1) is 12.8. The molecule has 2 aliphatic rings. The Labute approximate surface area is 116 Å². The molecule has 1 saturated carbocycles. The summed E-state index contributed by atoms with van der Waals surface area (Å²) in [7, 11) is 0. The third-order valence-corrected chi connectivity index (χ3v) is 4.21. The first-order chi connectivity index (χ1) is 9.56. The van der Waals surface area contributed by atoms with E-state index in [9.17, 15) is 14.7 Å². The highest BCUT2D eigenvalue weighted by atomic mass is 16.4. The van der Waals surface area contributed by atoms with Crippen LogP contribution in [0.25, 0.3) is 0 Å². The molecule has 3 rings (SSSR count). The molecule has 0 radical (unpaired) electrons. The first-order valence-electron chi connectivity index (χ1n) is 6.71. The SMILES string of the molecule is Cc1ccc(NC(=O)[C@H]2[C@@H](C(=O)O)[C@H]3C=C[C@H]2C3)nc1. The molecule has 5 heteroatoms. The Bertz CT molecular complexity index is 579. The van der Waals surface area contributed by atoms with Crippen molar-refractivity contribution < 1.29 is 14.7 Å². The fraction of sp³-hybridized carbons (Fsp3) is 0.400. The maximum atomic E-state index is 12.4. The Morgan fingerprint density at radius 1 is 1.25 bits per heavy atom. The van der Waals surface area contributed by atoms with Crippen molar-refractivity contribution in [2.45, 2.75) is 13.3 Å². The standard InChI is InChI=1S/C15H16N2O3/c1-8-2-5-11(16-7-8)17-14(18)12-9-3-4-10(6-9)13(12)15(19)20/h2-5,7,9-10,12-13H,6H2,1H3,(H,19,20)(H,16,17,18)/t9-,10-,12+,13-/m0/s1. The average Bonchev–Trinajstić information content (AvgIpc) is 3.01. The second-order valence-corrected chi connectivity index (χ2v) is 5.55. The monoisotopic (exact) mass is 272 g/mol. The van der Waals surface area contributed by atoms with Gasteiger partial charge < -0.3 is 10.4 Å². The third-order valence-electron chi connectivity index (χ3n) is 4.21. The molecule has 0 aromatic carbocycles. The second kappa shape index (κ2) is 4.74. The lowest BCUT2D eigenvalue weighted by Gasteiger charge is -2.23. The normalized spacial score (nSPS) is 30.4. The minimum absolute atomic E-state index is 0.0146. The van der Waals surface area contributed by atoms with Gasteiger partial charge in [-0.15, -0.1) is 0 Å². The van der Waals surface area contributed by atoms with E-state index in [1.54, 1.807) is 12.3 Å². The van der Waals surface area contributed by atoms with E-state index in [1.807, 2.05) is 25.1 Å². The Balaban J connectivity index is 1.78. The van der Waals surface area contributed by atoms with Gasteiger partial charge in [0.15, 0.2) is 0 Å². The lowest BCUT2D eigenvalue weighted by Crippen LogP contribution is -2.36. The molecule has 20 heavy (non-hydrogen) atoms. The first-order valence-corrected chi connectivity index (χ1v) is 6.71. The molecule has 2 aliphatic carbocycles. The number of rotatable bonds is 3. The minimum Gasteiger partial charge on any atom is -0.481 e. The van der Waals surface area contributed by atoms with Gasteiger partial charge in [-0.1, -0.05) is 18.2 Å².